The summed E-state index contributed by atoms with van der Waals surface area (Å²) in [5, 5.41) is 1.000. The van der Waals surface area contributed by atoms with Gasteiger partial charge in [0.2, 0.25) is 0 Å². The Balaban J connectivity index is 2.29. The maximum Gasteiger partial charge on any atom is 0.279 e. The van der Waals surface area contributed by atoms with E-state index >= 15 is 0 Å². The van der Waals surface area contributed by atoms with Gasteiger partial charge < -0.3 is 9.47 Å². The number of hydrogen-bond acceptors (Lipinski definition) is 4. The highest BCUT2D eigenvalue weighted by Gasteiger charge is 2.13. The summed E-state index contributed by atoms with van der Waals surface area (Å²) >= 11 is 0. The quantitative estimate of drug-likeness (QED) is 0.605. The third-order valence-electron chi connectivity index (χ3n) is 1.35. The lowest BCUT2D eigenvalue weighted by molar-refractivity contribution is 0.152. The van der Waals surface area contributed by atoms with Gasteiger partial charge in [-0.25, -0.2) is 0 Å². The maximum absolute atomic E-state index is 10.8. The molecule has 0 saturated carbocycles. The van der Waals surface area contributed by atoms with Crippen molar-refractivity contribution in [1.82, 2.24) is 0 Å². The fraction of sp³-hybridized carbons (Fsp3) is 0.571. The van der Waals surface area contributed by atoms with Crippen LogP contribution in [0.5, 0.6) is 0 Å². The van der Waals surface area contributed by atoms with Gasteiger partial charge >= 0.3 is 0 Å². The van der Waals surface area contributed by atoms with Gasteiger partial charge in [-0.2, -0.15) is 12.8 Å². The van der Waals surface area contributed by atoms with Gasteiger partial charge in [0, 0.05) is 20.1 Å². The van der Waals surface area contributed by atoms with Crippen molar-refractivity contribution in [2.24, 2.45) is 4.40 Å². The second-order valence-electron chi connectivity index (χ2n) is 2.46. The van der Waals surface area contributed by atoms with Crippen LogP contribution < -0.4 is 0 Å². The molecule has 0 aromatic carbocycles. The summed E-state index contributed by atoms with van der Waals surface area (Å²) in [4.78, 5) is 0. The van der Waals surface area contributed by atoms with Gasteiger partial charge in [-0.3, -0.25) is 0 Å². The molecule has 0 aromatic rings. The zero-order valence-electron chi connectivity index (χ0n) is 7.26. The average molecular weight is 205 g/mol. The van der Waals surface area contributed by atoms with Crippen LogP contribution in [0.15, 0.2) is 15.6 Å². The first-order valence-electron chi connectivity index (χ1n) is 3.78. The molecule has 1 aliphatic heterocycles. The fourth-order valence-corrected chi connectivity index (χ4v) is 1.53. The molecule has 0 amide bonds. The second kappa shape index (κ2) is 4.38. The van der Waals surface area contributed by atoms with Gasteiger partial charge in [-0.1, -0.05) is 0 Å². The molecule has 13 heavy (non-hydrogen) atoms. The molecular formula is C7H11NO4S. The topological polar surface area (TPSA) is 65.0 Å². The minimum atomic E-state index is -3.39. The van der Waals surface area contributed by atoms with Gasteiger partial charge in [0.15, 0.2) is 5.76 Å². The Kier molecular flexibility index (Phi) is 3.44. The number of sulfonamides is 1. The molecule has 0 unspecified atom stereocenters. The van der Waals surface area contributed by atoms with Crippen LogP contribution in [0.4, 0.5) is 0 Å². The third kappa shape index (κ3) is 3.56. The van der Waals surface area contributed by atoms with Crippen molar-refractivity contribution in [3.63, 3.8) is 0 Å². The van der Waals surface area contributed by atoms with E-state index in [9.17, 15) is 8.42 Å². The van der Waals surface area contributed by atoms with Crippen molar-refractivity contribution in [3.8, 4) is 0 Å². The molecule has 0 saturated heterocycles. The fourth-order valence-electron chi connectivity index (χ4n) is 0.798. The first-order valence-corrected chi connectivity index (χ1v) is 5.28. The summed E-state index contributed by atoms with van der Waals surface area (Å²) < 4.78 is 34.6. The van der Waals surface area contributed by atoms with Crippen molar-refractivity contribution in [3.05, 3.63) is 11.2 Å². The lowest BCUT2D eigenvalue weighted by Crippen LogP contribution is -1.98. The van der Waals surface area contributed by atoms with Crippen LogP contribution in [0.1, 0.15) is 6.42 Å². The van der Waals surface area contributed by atoms with Crippen molar-refractivity contribution < 1.29 is 17.9 Å². The van der Waals surface area contributed by atoms with E-state index in [1.54, 1.807) is 7.11 Å². The molecule has 0 radical (unpaired) electrons. The largest absolute Gasteiger partial charge is 0.491 e. The molecule has 0 spiro atoms. The first-order chi connectivity index (χ1) is 6.14. The maximum atomic E-state index is 10.8. The summed E-state index contributed by atoms with van der Waals surface area (Å²) in [6.45, 7) is 1.03. The summed E-state index contributed by atoms with van der Waals surface area (Å²) in [5.74, 6) is 0.288. The van der Waals surface area contributed by atoms with E-state index in [0.29, 0.717) is 13.2 Å². The second-order valence-corrected chi connectivity index (χ2v) is 3.94. The average Bonchev–Trinajstić information content (AvgIpc) is 2.40. The standard InChI is InChI=1S/C7H11NO4S/c1-11-3-2-4-12-7-5-8-13(9,10)6-7/h5-6H,2-4H2,1H3. The number of methoxy groups -OCH3 is 1. The van der Waals surface area contributed by atoms with Crippen LogP contribution >= 0.6 is 0 Å². The molecule has 5 nitrogen and oxygen atoms in total. The summed E-state index contributed by atoms with van der Waals surface area (Å²) in [7, 11) is -1.79. The Morgan fingerprint density at radius 2 is 2.23 bits per heavy atom. The van der Waals surface area contributed by atoms with Gasteiger partial charge in [0.1, 0.15) is 0 Å². The van der Waals surface area contributed by atoms with Crippen molar-refractivity contribution in [1.29, 1.82) is 0 Å². The van der Waals surface area contributed by atoms with E-state index < -0.39 is 10.0 Å². The van der Waals surface area contributed by atoms with E-state index in [2.05, 4.69) is 4.40 Å². The van der Waals surface area contributed by atoms with Crippen LogP contribution in [0.25, 0.3) is 0 Å². The highest BCUT2D eigenvalue weighted by Crippen LogP contribution is 2.09. The molecule has 0 fully saturated rings. The normalized spacial score (nSPS) is 18.7. The van der Waals surface area contributed by atoms with Gasteiger partial charge in [0.25, 0.3) is 10.0 Å². The van der Waals surface area contributed by atoms with Crippen LogP contribution in [0.2, 0.25) is 0 Å². The van der Waals surface area contributed by atoms with E-state index in [1.807, 2.05) is 0 Å². The Labute approximate surface area is 77.1 Å². The van der Waals surface area contributed by atoms with E-state index in [0.717, 1.165) is 11.8 Å². The molecule has 1 rings (SSSR count). The lowest BCUT2D eigenvalue weighted by atomic mass is 10.5. The van der Waals surface area contributed by atoms with Gasteiger partial charge in [-0.15, -0.1) is 0 Å². The van der Waals surface area contributed by atoms with E-state index in [-0.39, 0.29) is 5.76 Å². The zero-order chi connectivity index (χ0) is 9.73. The minimum Gasteiger partial charge on any atom is -0.491 e. The molecule has 0 atom stereocenters. The molecule has 0 N–H and O–H groups in total. The lowest BCUT2D eigenvalue weighted by Gasteiger charge is -2.02. The Morgan fingerprint density at radius 1 is 1.46 bits per heavy atom. The number of ether oxygens (including phenoxy) is 2. The zero-order valence-corrected chi connectivity index (χ0v) is 8.08. The molecule has 74 valence electrons. The predicted molar refractivity (Wildman–Crippen MR) is 47.9 cm³/mol. The monoisotopic (exact) mass is 205 g/mol. The Hall–Kier alpha value is -0.880. The number of nitrogens with zero attached hydrogens (tertiary/aromatic N) is 1. The molecule has 6 heteroatoms. The summed E-state index contributed by atoms with van der Waals surface area (Å²) in [6, 6.07) is 0. The molecule has 1 aliphatic rings. The van der Waals surface area contributed by atoms with Gasteiger partial charge in [-0.05, 0) is 0 Å². The van der Waals surface area contributed by atoms with Crippen LogP contribution in [-0.4, -0.2) is 35.0 Å². The summed E-state index contributed by atoms with van der Waals surface area (Å²) in [6.07, 6.45) is 1.92. The Morgan fingerprint density at radius 3 is 2.77 bits per heavy atom. The number of hydrogen-bond donors (Lipinski definition) is 0. The molecule has 0 aromatic heterocycles. The molecule has 1 heterocycles. The van der Waals surface area contributed by atoms with Crippen molar-refractivity contribution in [2.75, 3.05) is 20.3 Å². The van der Waals surface area contributed by atoms with Crippen LogP contribution in [0, 0.1) is 0 Å². The molecule has 0 bridgehead atoms. The minimum absolute atomic E-state index is 0.288. The third-order valence-corrected chi connectivity index (χ3v) is 2.28. The molecular weight excluding hydrogens is 194 g/mol. The highest BCUT2D eigenvalue weighted by molar-refractivity contribution is 7.93. The number of rotatable bonds is 5. The SMILES string of the molecule is COCCCOC1=CS(=O)(=O)N=C1. The Bertz CT molecular complexity index is 317. The smallest absolute Gasteiger partial charge is 0.279 e. The summed E-state index contributed by atoms with van der Waals surface area (Å²) in [5.41, 5.74) is 0. The number of allylic oxidation sites excluding steroid dienone is 1. The van der Waals surface area contributed by atoms with Crippen molar-refractivity contribution in [2.45, 2.75) is 6.42 Å². The van der Waals surface area contributed by atoms with Crippen molar-refractivity contribution >= 4 is 16.2 Å². The van der Waals surface area contributed by atoms with Crippen LogP contribution in [-0.2, 0) is 19.5 Å². The van der Waals surface area contributed by atoms with E-state index in [1.165, 1.54) is 6.21 Å². The molecule has 0 aliphatic carbocycles. The highest BCUT2D eigenvalue weighted by atomic mass is 32.2. The predicted octanol–water partition coefficient (Wildman–Crippen LogP) is 0.295. The first kappa shape index (κ1) is 10.2. The van der Waals surface area contributed by atoms with Crippen LogP contribution in [0.3, 0.4) is 0 Å². The van der Waals surface area contributed by atoms with E-state index in [4.69, 9.17) is 9.47 Å². The van der Waals surface area contributed by atoms with Gasteiger partial charge in [0.05, 0.1) is 18.2 Å².